The highest BCUT2D eigenvalue weighted by atomic mass is 19.1. The van der Waals surface area contributed by atoms with Crippen LogP contribution in [0.3, 0.4) is 0 Å². The van der Waals surface area contributed by atoms with E-state index in [9.17, 15) is 18.4 Å². The molecule has 1 amide bonds. The molecule has 5 rings (SSSR count). The molecule has 2 heterocycles. The van der Waals surface area contributed by atoms with E-state index in [0.29, 0.717) is 65.0 Å². The lowest BCUT2D eigenvalue weighted by molar-refractivity contribution is 0.0713. The first-order valence-corrected chi connectivity index (χ1v) is 13.0. The Kier molecular flexibility index (Phi) is 7.47. The number of ether oxygens (including phenoxy) is 2. The molecule has 1 aromatic heterocycles. The van der Waals surface area contributed by atoms with Gasteiger partial charge in [0.2, 0.25) is 0 Å². The van der Waals surface area contributed by atoms with Crippen molar-refractivity contribution in [3.8, 4) is 17.2 Å². The van der Waals surface area contributed by atoms with E-state index >= 15 is 0 Å². The Balaban J connectivity index is 1.57. The van der Waals surface area contributed by atoms with Crippen molar-refractivity contribution >= 4 is 22.4 Å². The van der Waals surface area contributed by atoms with Gasteiger partial charge in [-0.15, -0.1) is 0 Å². The van der Waals surface area contributed by atoms with E-state index in [1.165, 1.54) is 30.9 Å². The average Bonchev–Trinajstić information content (AvgIpc) is 2.96. The first-order chi connectivity index (χ1) is 19.2. The Hall–Kier alpha value is -4.40. The fraction of sp³-hybridized carbons (Fsp3) is 0.290. The molecule has 0 atom stereocenters. The van der Waals surface area contributed by atoms with Crippen LogP contribution in [0.2, 0.25) is 0 Å². The van der Waals surface area contributed by atoms with Crippen molar-refractivity contribution in [2.45, 2.75) is 18.8 Å². The second-order valence-corrected chi connectivity index (χ2v) is 10.1. The number of likely N-dealkylation sites (tertiary alicyclic amines) is 1. The molecule has 9 heteroatoms. The molecule has 0 spiro atoms. The maximum Gasteiger partial charge on any atom is 0.263 e. The maximum atomic E-state index is 14.4. The number of anilines is 1. The summed E-state index contributed by atoms with van der Waals surface area (Å²) in [4.78, 5) is 31.4. The molecule has 0 unspecified atom stereocenters. The first kappa shape index (κ1) is 27.2. The van der Waals surface area contributed by atoms with Gasteiger partial charge in [-0.2, -0.15) is 0 Å². The van der Waals surface area contributed by atoms with Crippen molar-refractivity contribution in [2.75, 3.05) is 46.3 Å². The number of pyridine rings is 1. The number of fused-ring (bicyclic) bond motifs is 1. The SMILES string of the molecule is COc1cc2c(C(=O)N3CCC(c4ccc(F)cc4F)CC3)cn(-c3cccc(N(C)C)c3)c(=O)c2cc1OC. The number of amides is 1. The number of aromatic nitrogens is 1. The van der Waals surface area contributed by atoms with Crippen LogP contribution in [-0.2, 0) is 0 Å². The fourth-order valence-electron chi connectivity index (χ4n) is 5.35. The third kappa shape index (κ3) is 4.99. The van der Waals surface area contributed by atoms with Gasteiger partial charge in [0, 0.05) is 50.5 Å². The predicted octanol–water partition coefficient (Wildman–Crippen LogP) is 5.37. The minimum Gasteiger partial charge on any atom is -0.493 e. The predicted molar refractivity (Wildman–Crippen MR) is 151 cm³/mol. The third-order valence-corrected chi connectivity index (χ3v) is 7.56. The number of rotatable bonds is 6. The number of carbonyl (C=O) groups excluding carboxylic acids is 1. The summed E-state index contributed by atoms with van der Waals surface area (Å²) in [6.45, 7) is 0.786. The smallest absolute Gasteiger partial charge is 0.263 e. The van der Waals surface area contributed by atoms with Crippen molar-refractivity contribution in [3.63, 3.8) is 0 Å². The van der Waals surface area contributed by atoms with Gasteiger partial charge in [-0.05, 0) is 60.7 Å². The standard InChI is InChI=1S/C31H31F2N3O4/c1-34(2)21-6-5-7-22(15-21)36-18-26(24-16-28(39-3)29(40-4)17-25(24)31(36)38)30(37)35-12-10-19(11-13-35)23-9-8-20(32)14-27(23)33/h5-9,14-19H,10-13H2,1-4H3. The molecule has 0 bridgehead atoms. The van der Waals surface area contributed by atoms with Gasteiger partial charge in [-0.25, -0.2) is 8.78 Å². The van der Waals surface area contributed by atoms with Gasteiger partial charge in [-0.1, -0.05) is 12.1 Å². The van der Waals surface area contributed by atoms with Crippen LogP contribution >= 0.6 is 0 Å². The summed E-state index contributed by atoms with van der Waals surface area (Å²) in [6, 6.07) is 14.4. The lowest BCUT2D eigenvalue weighted by Gasteiger charge is -2.33. The normalized spacial score (nSPS) is 13.9. The van der Waals surface area contributed by atoms with Crippen molar-refractivity contribution < 1.29 is 23.0 Å². The van der Waals surface area contributed by atoms with Crippen LogP contribution in [0.5, 0.6) is 11.5 Å². The van der Waals surface area contributed by atoms with Gasteiger partial charge >= 0.3 is 0 Å². The molecule has 208 valence electrons. The Morgan fingerprint density at radius 3 is 2.23 bits per heavy atom. The molecule has 1 aliphatic rings. The lowest BCUT2D eigenvalue weighted by atomic mass is 9.88. The number of methoxy groups -OCH3 is 2. The number of nitrogens with zero attached hydrogens (tertiary/aromatic N) is 3. The fourth-order valence-corrected chi connectivity index (χ4v) is 5.35. The van der Waals surface area contributed by atoms with E-state index in [1.807, 2.05) is 43.3 Å². The van der Waals surface area contributed by atoms with Crippen molar-refractivity contribution in [3.05, 3.63) is 93.9 Å². The zero-order valence-electron chi connectivity index (χ0n) is 22.9. The Bertz CT molecular complexity index is 1640. The quantitative estimate of drug-likeness (QED) is 0.325. The van der Waals surface area contributed by atoms with Crippen molar-refractivity contribution in [1.82, 2.24) is 9.47 Å². The number of piperidine rings is 1. The molecule has 7 nitrogen and oxygen atoms in total. The first-order valence-electron chi connectivity index (χ1n) is 13.0. The molecular weight excluding hydrogens is 516 g/mol. The molecule has 4 aromatic rings. The lowest BCUT2D eigenvalue weighted by Crippen LogP contribution is -2.38. The monoisotopic (exact) mass is 547 g/mol. The molecule has 0 aliphatic carbocycles. The van der Waals surface area contributed by atoms with E-state index in [-0.39, 0.29) is 17.4 Å². The molecular formula is C31H31F2N3O4. The summed E-state index contributed by atoms with van der Waals surface area (Å²) in [5.41, 5.74) is 2.03. The number of carbonyl (C=O) groups is 1. The zero-order valence-corrected chi connectivity index (χ0v) is 22.9. The molecule has 0 N–H and O–H groups in total. The highest BCUT2D eigenvalue weighted by Crippen LogP contribution is 2.35. The van der Waals surface area contributed by atoms with Gasteiger partial charge in [0.15, 0.2) is 11.5 Å². The second-order valence-electron chi connectivity index (χ2n) is 10.1. The highest BCUT2D eigenvalue weighted by Gasteiger charge is 2.28. The molecule has 1 fully saturated rings. The van der Waals surface area contributed by atoms with Crippen molar-refractivity contribution in [2.24, 2.45) is 0 Å². The third-order valence-electron chi connectivity index (χ3n) is 7.56. The molecule has 3 aromatic carbocycles. The van der Waals surface area contributed by atoms with Crippen LogP contribution in [0, 0.1) is 11.6 Å². The maximum absolute atomic E-state index is 14.4. The van der Waals surface area contributed by atoms with E-state index in [4.69, 9.17) is 9.47 Å². The average molecular weight is 548 g/mol. The topological polar surface area (TPSA) is 64.0 Å². The van der Waals surface area contributed by atoms with Crippen LogP contribution in [0.4, 0.5) is 14.5 Å². The molecule has 1 aliphatic heterocycles. The molecule has 0 radical (unpaired) electrons. The van der Waals surface area contributed by atoms with Crippen LogP contribution in [-0.4, -0.2) is 56.8 Å². The summed E-state index contributed by atoms with van der Waals surface area (Å²) in [7, 11) is 6.82. The van der Waals surface area contributed by atoms with Gasteiger partial charge in [0.25, 0.3) is 11.5 Å². The molecule has 1 saturated heterocycles. The van der Waals surface area contributed by atoms with Crippen LogP contribution in [0.15, 0.2) is 65.6 Å². The van der Waals surface area contributed by atoms with Crippen molar-refractivity contribution in [1.29, 1.82) is 0 Å². The molecule has 40 heavy (non-hydrogen) atoms. The van der Waals surface area contributed by atoms with Gasteiger partial charge in [0.05, 0.1) is 30.9 Å². The minimum absolute atomic E-state index is 0.117. The van der Waals surface area contributed by atoms with Crippen LogP contribution in [0.25, 0.3) is 16.5 Å². The minimum atomic E-state index is -0.612. The number of hydrogen-bond donors (Lipinski definition) is 0. The summed E-state index contributed by atoms with van der Waals surface area (Å²) < 4.78 is 40.2. The number of halogens is 2. The van der Waals surface area contributed by atoms with Crippen LogP contribution < -0.4 is 19.9 Å². The van der Waals surface area contributed by atoms with Gasteiger partial charge in [-0.3, -0.25) is 14.2 Å². The van der Waals surface area contributed by atoms with E-state index in [2.05, 4.69) is 0 Å². The van der Waals surface area contributed by atoms with E-state index < -0.39 is 11.6 Å². The second kappa shape index (κ2) is 11.0. The number of hydrogen-bond acceptors (Lipinski definition) is 5. The summed E-state index contributed by atoms with van der Waals surface area (Å²) in [5.74, 6) is -0.752. The van der Waals surface area contributed by atoms with E-state index in [0.717, 1.165) is 11.8 Å². The molecule has 0 saturated carbocycles. The Morgan fingerprint density at radius 2 is 1.60 bits per heavy atom. The Labute approximate surface area is 231 Å². The number of benzene rings is 3. The Morgan fingerprint density at radius 1 is 0.925 bits per heavy atom. The van der Waals surface area contributed by atoms with E-state index in [1.54, 1.807) is 23.2 Å². The van der Waals surface area contributed by atoms with Gasteiger partial charge < -0.3 is 19.3 Å². The zero-order chi connectivity index (χ0) is 28.6. The van der Waals surface area contributed by atoms with Gasteiger partial charge in [0.1, 0.15) is 11.6 Å². The summed E-state index contributed by atoms with van der Waals surface area (Å²) >= 11 is 0. The van der Waals surface area contributed by atoms with Crippen LogP contribution in [0.1, 0.15) is 34.7 Å². The summed E-state index contributed by atoms with van der Waals surface area (Å²) in [5, 5.41) is 0.779. The largest absolute Gasteiger partial charge is 0.493 e. The highest BCUT2D eigenvalue weighted by molar-refractivity contribution is 6.07. The summed E-state index contributed by atoms with van der Waals surface area (Å²) in [6.07, 6.45) is 2.65.